The highest BCUT2D eigenvalue weighted by molar-refractivity contribution is 5.99. The maximum absolute atomic E-state index is 12.0. The van der Waals surface area contributed by atoms with Gasteiger partial charge in [0.2, 0.25) is 0 Å². The minimum Gasteiger partial charge on any atom is -0.351 e. The molecule has 0 fully saturated rings. The highest BCUT2D eigenvalue weighted by atomic mass is 16.1. The van der Waals surface area contributed by atoms with E-state index in [1.165, 1.54) is 12.8 Å². The number of aryl methyl sites for hydroxylation is 1. The van der Waals surface area contributed by atoms with Crippen molar-refractivity contribution < 1.29 is 4.79 Å². The Labute approximate surface area is 104 Å². The molecule has 1 rings (SSSR count). The molecular formula is C14H24N2O. The van der Waals surface area contributed by atoms with Crippen molar-refractivity contribution in [3.63, 3.8) is 0 Å². The van der Waals surface area contributed by atoms with Crippen molar-refractivity contribution in [1.29, 1.82) is 0 Å². The highest BCUT2D eigenvalue weighted by Crippen LogP contribution is 2.13. The third-order valence-corrected chi connectivity index (χ3v) is 3.32. The van der Waals surface area contributed by atoms with E-state index in [1.807, 2.05) is 27.0 Å². The van der Waals surface area contributed by atoms with Crippen LogP contribution in [0.5, 0.6) is 0 Å². The van der Waals surface area contributed by atoms with Crippen molar-refractivity contribution in [2.24, 2.45) is 7.05 Å². The van der Waals surface area contributed by atoms with E-state index in [0.717, 1.165) is 29.9 Å². The Morgan fingerprint density at radius 1 is 1.35 bits per heavy atom. The van der Waals surface area contributed by atoms with Crippen LogP contribution in [0.4, 0.5) is 0 Å². The van der Waals surface area contributed by atoms with E-state index in [9.17, 15) is 4.79 Å². The second kappa shape index (κ2) is 6.60. The molecule has 0 aliphatic rings. The van der Waals surface area contributed by atoms with Gasteiger partial charge in [0.05, 0.1) is 6.54 Å². The van der Waals surface area contributed by atoms with E-state index in [1.54, 1.807) is 0 Å². The predicted octanol–water partition coefficient (Wildman–Crippen LogP) is 2.60. The average molecular weight is 236 g/mol. The molecule has 0 aromatic carbocycles. The molecule has 0 aliphatic heterocycles. The minimum absolute atomic E-state index is 0.197. The monoisotopic (exact) mass is 236 g/mol. The molecule has 17 heavy (non-hydrogen) atoms. The SMILES string of the molecule is CCCCCNCC(=O)c1cc(C)n(C)c1C. The summed E-state index contributed by atoms with van der Waals surface area (Å²) in [7, 11) is 2.00. The number of hydrogen-bond donors (Lipinski definition) is 1. The molecule has 0 amide bonds. The van der Waals surface area contributed by atoms with E-state index < -0.39 is 0 Å². The quantitative estimate of drug-likeness (QED) is 0.583. The van der Waals surface area contributed by atoms with Crippen molar-refractivity contribution in [3.05, 3.63) is 23.0 Å². The van der Waals surface area contributed by atoms with Crippen molar-refractivity contribution in [2.45, 2.75) is 40.0 Å². The van der Waals surface area contributed by atoms with Crippen LogP contribution in [0.15, 0.2) is 6.07 Å². The fourth-order valence-electron chi connectivity index (χ4n) is 1.93. The lowest BCUT2D eigenvalue weighted by molar-refractivity contribution is 0.0990. The van der Waals surface area contributed by atoms with Gasteiger partial charge >= 0.3 is 0 Å². The standard InChI is InChI=1S/C14H24N2O/c1-5-6-7-8-15-10-14(17)13-9-11(2)16(4)12(13)3/h9,15H,5-8,10H2,1-4H3. The topological polar surface area (TPSA) is 34.0 Å². The molecule has 0 spiro atoms. The van der Waals surface area contributed by atoms with Gasteiger partial charge in [0.15, 0.2) is 5.78 Å². The Morgan fingerprint density at radius 3 is 2.59 bits per heavy atom. The largest absolute Gasteiger partial charge is 0.351 e. The van der Waals surface area contributed by atoms with E-state index in [0.29, 0.717) is 6.54 Å². The second-order valence-electron chi connectivity index (χ2n) is 4.65. The number of nitrogens with one attached hydrogen (secondary N) is 1. The summed E-state index contributed by atoms with van der Waals surface area (Å²) in [6, 6.07) is 1.98. The van der Waals surface area contributed by atoms with Gasteiger partial charge in [-0.15, -0.1) is 0 Å². The molecule has 1 aromatic heterocycles. The van der Waals surface area contributed by atoms with Crippen molar-refractivity contribution in [3.8, 4) is 0 Å². The smallest absolute Gasteiger partial charge is 0.178 e. The van der Waals surface area contributed by atoms with Gasteiger partial charge in [0.25, 0.3) is 0 Å². The summed E-state index contributed by atoms with van der Waals surface area (Å²) >= 11 is 0. The maximum atomic E-state index is 12.0. The lowest BCUT2D eigenvalue weighted by atomic mass is 10.1. The lowest BCUT2D eigenvalue weighted by Crippen LogP contribution is -2.24. The number of Topliss-reactive ketones (excluding diaryl/α,β-unsaturated/α-hetero) is 1. The van der Waals surface area contributed by atoms with Crippen molar-refractivity contribution in [2.75, 3.05) is 13.1 Å². The lowest BCUT2D eigenvalue weighted by Gasteiger charge is -2.04. The van der Waals surface area contributed by atoms with Crippen LogP contribution in [0.3, 0.4) is 0 Å². The summed E-state index contributed by atoms with van der Waals surface area (Å²) in [4.78, 5) is 12.0. The zero-order valence-corrected chi connectivity index (χ0v) is 11.5. The number of carbonyl (C=O) groups excluding carboxylic acids is 1. The van der Waals surface area contributed by atoms with Crippen molar-refractivity contribution in [1.82, 2.24) is 9.88 Å². The maximum Gasteiger partial charge on any atom is 0.178 e. The summed E-state index contributed by atoms with van der Waals surface area (Å²) in [6.07, 6.45) is 3.59. The Balaban J connectivity index is 2.44. The Bertz CT molecular complexity index is 380. The molecule has 0 aliphatic carbocycles. The van der Waals surface area contributed by atoms with Gasteiger partial charge in [0, 0.05) is 24.0 Å². The summed E-state index contributed by atoms with van der Waals surface area (Å²) in [5, 5.41) is 3.22. The number of ketones is 1. The summed E-state index contributed by atoms with van der Waals surface area (Å²) < 4.78 is 2.06. The highest BCUT2D eigenvalue weighted by Gasteiger charge is 2.12. The molecule has 1 aromatic rings. The number of unbranched alkanes of at least 4 members (excludes halogenated alkanes) is 2. The van der Waals surface area contributed by atoms with Gasteiger partial charge in [0.1, 0.15) is 0 Å². The molecule has 1 heterocycles. The molecule has 0 saturated carbocycles. The molecule has 3 nitrogen and oxygen atoms in total. The molecule has 96 valence electrons. The second-order valence-corrected chi connectivity index (χ2v) is 4.65. The summed E-state index contributed by atoms with van der Waals surface area (Å²) in [5.41, 5.74) is 3.05. The van der Waals surface area contributed by atoms with E-state index in [2.05, 4.69) is 16.8 Å². The van der Waals surface area contributed by atoms with Crippen molar-refractivity contribution >= 4 is 5.78 Å². The molecule has 0 radical (unpaired) electrons. The molecular weight excluding hydrogens is 212 g/mol. The normalized spacial score (nSPS) is 10.8. The third-order valence-electron chi connectivity index (χ3n) is 3.32. The number of carbonyl (C=O) groups is 1. The zero-order valence-electron chi connectivity index (χ0n) is 11.5. The number of hydrogen-bond acceptors (Lipinski definition) is 2. The molecule has 0 bridgehead atoms. The molecule has 0 atom stereocenters. The zero-order chi connectivity index (χ0) is 12.8. The fourth-order valence-corrected chi connectivity index (χ4v) is 1.93. The first-order valence-electron chi connectivity index (χ1n) is 6.44. The molecule has 0 unspecified atom stereocenters. The summed E-state index contributed by atoms with van der Waals surface area (Å²) in [5.74, 6) is 0.197. The first-order chi connectivity index (χ1) is 8.07. The van der Waals surface area contributed by atoms with Crippen LogP contribution in [0.25, 0.3) is 0 Å². The predicted molar refractivity (Wildman–Crippen MR) is 71.6 cm³/mol. The Morgan fingerprint density at radius 2 is 2.06 bits per heavy atom. The van der Waals surface area contributed by atoms with E-state index in [-0.39, 0.29) is 5.78 Å². The van der Waals surface area contributed by atoms with Crippen LogP contribution < -0.4 is 5.32 Å². The van der Waals surface area contributed by atoms with Gasteiger partial charge in [-0.2, -0.15) is 0 Å². The van der Waals surface area contributed by atoms with Gasteiger partial charge in [-0.25, -0.2) is 0 Å². The van der Waals surface area contributed by atoms with Gasteiger partial charge < -0.3 is 9.88 Å². The molecule has 1 N–H and O–H groups in total. The molecule has 0 saturated heterocycles. The first-order valence-corrected chi connectivity index (χ1v) is 6.44. The van der Waals surface area contributed by atoms with Gasteiger partial charge in [-0.3, -0.25) is 4.79 Å². The third kappa shape index (κ3) is 3.70. The minimum atomic E-state index is 0.197. The van der Waals surface area contributed by atoms with Gasteiger partial charge in [-0.05, 0) is 32.9 Å². The first kappa shape index (κ1) is 14.0. The van der Waals surface area contributed by atoms with Crippen LogP contribution in [-0.4, -0.2) is 23.4 Å². The number of rotatable bonds is 7. The Hall–Kier alpha value is -1.09. The van der Waals surface area contributed by atoms with Crippen LogP contribution in [-0.2, 0) is 7.05 Å². The fraction of sp³-hybridized carbons (Fsp3) is 0.643. The molecule has 3 heteroatoms. The summed E-state index contributed by atoms with van der Waals surface area (Å²) in [6.45, 7) is 7.59. The number of aromatic nitrogens is 1. The van der Waals surface area contributed by atoms with Crippen LogP contribution >= 0.6 is 0 Å². The van der Waals surface area contributed by atoms with Crippen LogP contribution in [0.1, 0.15) is 47.9 Å². The van der Waals surface area contributed by atoms with Crippen LogP contribution in [0, 0.1) is 13.8 Å². The number of nitrogens with zero attached hydrogens (tertiary/aromatic N) is 1. The van der Waals surface area contributed by atoms with Gasteiger partial charge in [-0.1, -0.05) is 19.8 Å². The van der Waals surface area contributed by atoms with E-state index in [4.69, 9.17) is 0 Å². The van der Waals surface area contributed by atoms with Crippen LogP contribution in [0.2, 0.25) is 0 Å². The average Bonchev–Trinajstić information content (AvgIpc) is 2.56. The Kier molecular flexibility index (Phi) is 5.42. The van der Waals surface area contributed by atoms with E-state index >= 15 is 0 Å².